The van der Waals surface area contributed by atoms with Crippen molar-refractivity contribution < 1.29 is 28.6 Å². The second-order valence-corrected chi connectivity index (χ2v) is 9.94. The number of amides is 1. The zero-order valence-electron chi connectivity index (χ0n) is 22.8. The largest absolute Gasteiger partial charge is 0.496 e. The van der Waals surface area contributed by atoms with Crippen molar-refractivity contribution in [2.45, 2.75) is 4.90 Å². The number of aromatic nitrogens is 1. The number of anilines is 2. The summed E-state index contributed by atoms with van der Waals surface area (Å²) >= 11 is 1.26. The first-order chi connectivity index (χ1) is 20.1. The molecule has 11 heteroatoms. The Bertz CT molecular complexity index is 1580. The summed E-state index contributed by atoms with van der Waals surface area (Å²) in [4.78, 5) is 16.5. The number of aliphatic hydroxyl groups excluding tert-OH is 1. The van der Waals surface area contributed by atoms with E-state index in [0.29, 0.717) is 65.1 Å². The molecule has 212 valence electrons. The fourth-order valence-electron chi connectivity index (χ4n) is 4.70. The maximum absolute atomic E-state index is 11.8. The first kappa shape index (κ1) is 28.0. The molecule has 0 radical (unpaired) electrons. The Balaban J connectivity index is 1.38. The van der Waals surface area contributed by atoms with Gasteiger partial charge in [-0.25, -0.2) is 0 Å². The normalized spacial score (nSPS) is 13.1. The summed E-state index contributed by atoms with van der Waals surface area (Å²) < 4.78 is 25.9. The SMILES string of the molecule is C#CC(=O)N1CCN(c2cccc(-c3cc(OC)c4c(NSc5c(OC)cccc5OCCO)noc4c3)c2)CC1. The summed E-state index contributed by atoms with van der Waals surface area (Å²) in [7, 11) is 3.19. The number of fused-ring (bicyclic) bond motifs is 1. The Hall–Kier alpha value is -4.53. The summed E-state index contributed by atoms with van der Waals surface area (Å²) in [6.07, 6.45) is 5.27. The fraction of sp³-hybridized carbons (Fsp3) is 0.267. The number of terminal acetylenes is 1. The van der Waals surface area contributed by atoms with Crippen LogP contribution in [0.15, 0.2) is 64.0 Å². The summed E-state index contributed by atoms with van der Waals surface area (Å²) in [5, 5.41) is 14.1. The molecule has 0 spiro atoms. The molecule has 0 aliphatic carbocycles. The number of hydrogen-bond donors (Lipinski definition) is 2. The van der Waals surface area contributed by atoms with E-state index in [1.807, 2.05) is 36.4 Å². The second-order valence-electron chi connectivity index (χ2n) is 9.12. The third-order valence-corrected chi connectivity index (χ3v) is 7.66. The lowest BCUT2D eigenvalue weighted by Gasteiger charge is -2.35. The minimum atomic E-state index is -0.267. The van der Waals surface area contributed by atoms with Crippen molar-refractivity contribution in [2.24, 2.45) is 0 Å². The number of piperazine rings is 1. The predicted molar refractivity (Wildman–Crippen MR) is 159 cm³/mol. The number of rotatable bonds is 10. The van der Waals surface area contributed by atoms with Crippen molar-refractivity contribution in [3.63, 3.8) is 0 Å². The van der Waals surface area contributed by atoms with Crippen molar-refractivity contribution in [3.8, 4) is 40.7 Å². The minimum Gasteiger partial charge on any atom is -0.496 e. The third-order valence-electron chi connectivity index (χ3n) is 6.75. The molecule has 1 aliphatic rings. The molecule has 0 unspecified atom stereocenters. The van der Waals surface area contributed by atoms with E-state index in [1.54, 1.807) is 25.2 Å². The van der Waals surface area contributed by atoms with E-state index >= 15 is 0 Å². The summed E-state index contributed by atoms with van der Waals surface area (Å²) in [6, 6.07) is 17.6. The van der Waals surface area contributed by atoms with Crippen LogP contribution >= 0.6 is 11.9 Å². The van der Waals surface area contributed by atoms with E-state index in [4.69, 9.17) is 25.2 Å². The van der Waals surface area contributed by atoms with Crippen LogP contribution in [0, 0.1) is 12.3 Å². The van der Waals surface area contributed by atoms with Gasteiger partial charge in [-0.05, 0) is 65.4 Å². The van der Waals surface area contributed by atoms with Gasteiger partial charge in [0, 0.05) is 31.9 Å². The van der Waals surface area contributed by atoms with Crippen LogP contribution in [0.25, 0.3) is 22.1 Å². The number of hydrogen-bond acceptors (Lipinski definition) is 10. The van der Waals surface area contributed by atoms with Crippen LogP contribution in [0.4, 0.5) is 11.5 Å². The van der Waals surface area contributed by atoms with Crippen LogP contribution in [0.3, 0.4) is 0 Å². The monoisotopic (exact) mass is 574 g/mol. The first-order valence-electron chi connectivity index (χ1n) is 13.0. The quantitative estimate of drug-likeness (QED) is 0.210. The van der Waals surface area contributed by atoms with Gasteiger partial charge in [0.15, 0.2) is 11.4 Å². The summed E-state index contributed by atoms with van der Waals surface area (Å²) in [5.41, 5.74) is 3.52. The second kappa shape index (κ2) is 12.8. The highest BCUT2D eigenvalue weighted by Crippen LogP contribution is 2.42. The van der Waals surface area contributed by atoms with Crippen molar-refractivity contribution >= 4 is 40.3 Å². The molecule has 3 aromatic carbocycles. The Kier molecular flexibility index (Phi) is 8.72. The predicted octanol–water partition coefficient (Wildman–Crippen LogP) is 4.28. The van der Waals surface area contributed by atoms with Gasteiger partial charge in [0.05, 0.1) is 20.8 Å². The van der Waals surface area contributed by atoms with Crippen LogP contribution < -0.4 is 23.8 Å². The number of benzene rings is 3. The zero-order valence-corrected chi connectivity index (χ0v) is 23.6. The van der Waals surface area contributed by atoms with Crippen LogP contribution in [-0.2, 0) is 4.79 Å². The average molecular weight is 575 g/mol. The topological polar surface area (TPSA) is 110 Å². The van der Waals surface area contributed by atoms with Gasteiger partial charge in [-0.3, -0.25) is 4.79 Å². The molecular weight excluding hydrogens is 544 g/mol. The Labute approximate surface area is 242 Å². The smallest absolute Gasteiger partial charge is 0.298 e. The van der Waals surface area contributed by atoms with Crippen molar-refractivity contribution in [1.82, 2.24) is 10.1 Å². The van der Waals surface area contributed by atoms with Crippen LogP contribution in [-0.4, -0.2) is 74.7 Å². The molecule has 0 bridgehead atoms. The average Bonchev–Trinajstić information content (AvgIpc) is 3.45. The summed E-state index contributed by atoms with van der Waals surface area (Å²) in [6.45, 7) is 2.63. The summed E-state index contributed by atoms with van der Waals surface area (Å²) in [5.74, 6) is 4.20. The number of carbonyl (C=O) groups excluding carboxylic acids is 1. The molecule has 1 aromatic heterocycles. The number of nitrogens with zero attached hydrogens (tertiary/aromatic N) is 3. The van der Waals surface area contributed by atoms with E-state index in [2.05, 4.69) is 32.8 Å². The highest BCUT2D eigenvalue weighted by atomic mass is 32.2. The molecule has 4 aromatic rings. The van der Waals surface area contributed by atoms with Gasteiger partial charge >= 0.3 is 0 Å². The van der Waals surface area contributed by atoms with Crippen molar-refractivity contribution in [1.29, 1.82) is 0 Å². The van der Waals surface area contributed by atoms with Gasteiger partial charge in [-0.15, -0.1) is 6.42 Å². The van der Waals surface area contributed by atoms with Crippen LogP contribution in [0.5, 0.6) is 17.2 Å². The van der Waals surface area contributed by atoms with Gasteiger partial charge in [0.2, 0.25) is 0 Å². The van der Waals surface area contributed by atoms with E-state index < -0.39 is 0 Å². The molecular formula is C30H30N4O6S. The molecule has 0 atom stereocenters. The molecule has 0 saturated carbocycles. The maximum Gasteiger partial charge on any atom is 0.298 e. The lowest BCUT2D eigenvalue weighted by atomic mass is 10.0. The number of carbonyl (C=O) groups is 1. The Morgan fingerprint density at radius 2 is 1.80 bits per heavy atom. The fourth-order valence-corrected chi connectivity index (χ4v) is 5.52. The van der Waals surface area contributed by atoms with E-state index in [1.165, 1.54) is 11.9 Å². The zero-order chi connectivity index (χ0) is 28.8. The van der Waals surface area contributed by atoms with Crippen molar-refractivity contribution in [3.05, 3.63) is 54.6 Å². The van der Waals surface area contributed by atoms with Gasteiger partial charge in [-0.2, -0.15) is 0 Å². The molecule has 1 saturated heterocycles. The molecule has 10 nitrogen and oxygen atoms in total. The standard InChI is InChI=1S/C30H30N4O6S/c1-4-27(36)34-13-11-33(12-14-34)22-8-5-7-20(17-22)21-18-25(38-3)28-26(19-21)40-31-30(28)32-41-29-23(37-2)9-6-10-24(29)39-16-15-35/h1,5-10,17-19,35H,11-16H2,2-3H3,(H,31,32). The Morgan fingerprint density at radius 3 is 2.54 bits per heavy atom. The molecule has 41 heavy (non-hydrogen) atoms. The van der Waals surface area contributed by atoms with Gasteiger partial charge in [0.25, 0.3) is 5.91 Å². The number of methoxy groups -OCH3 is 2. The molecule has 5 rings (SSSR count). The maximum atomic E-state index is 11.8. The van der Waals surface area contributed by atoms with Crippen LogP contribution in [0.2, 0.25) is 0 Å². The van der Waals surface area contributed by atoms with E-state index in [9.17, 15) is 9.90 Å². The van der Waals surface area contributed by atoms with Crippen LogP contribution in [0.1, 0.15) is 0 Å². The van der Waals surface area contributed by atoms with E-state index in [-0.39, 0.29) is 19.1 Å². The van der Waals surface area contributed by atoms with Gasteiger partial charge in [-0.1, -0.05) is 23.4 Å². The highest BCUT2D eigenvalue weighted by molar-refractivity contribution is 8.00. The number of aliphatic hydroxyl groups is 1. The molecule has 1 amide bonds. The molecule has 2 heterocycles. The Morgan fingerprint density at radius 1 is 1.05 bits per heavy atom. The lowest BCUT2D eigenvalue weighted by Crippen LogP contribution is -2.48. The molecule has 1 fully saturated rings. The highest BCUT2D eigenvalue weighted by Gasteiger charge is 2.22. The minimum absolute atomic E-state index is 0.102. The number of nitrogens with one attached hydrogen (secondary N) is 1. The van der Waals surface area contributed by atoms with Crippen molar-refractivity contribution in [2.75, 3.05) is 63.2 Å². The lowest BCUT2D eigenvalue weighted by molar-refractivity contribution is -0.125. The first-order valence-corrected chi connectivity index (χ1v) is 13.8. The van der Waals surface area contributed by atoms with Gasteiger partial charge < -0.3 is 38.4 Å². The number of ether oxygens (including phenoxy) is 3. The third kappa shape index (κ3) is 5.99. The van der Waals surface area contributed by atoms with E-state index in [0.717, 1.165) is 16.8 Å². The molecule has 1 aliphatic heterocycles. The molecule has 2 N–H and O–H groups in total. The van der Waals surface area contributed by atoms with Gasteiger partial charge in [0.1, 0.15) is 34.1 Å².